The summed E-state index contributed by atoms with van der Waals surface area (Å²) < 4.78 is 27.4. The van der Waals surface area contributed by atoms with Crippen LogP contribution >= 0.6 is 15.9 Å². The van der Waals surface area contributed by atoms with E-state index in [1.165, 1.54) is 18.5 Å². The molecule has 0 unspecified atom stereocenters. The first-order chi connectivity index (χ1) is 8.90. The lowest BCUT2D eigenvalue weighted by molar-refractivity contribution is 0.601. The number of anilines is 2. The number of sulfonamides is 1. The smallest absolute Gasteiger partial charge is 0.266 e. The van der Waals surface area contributed by atoms with Crippen LogP contribution in [0.25, 0.3) is 0 Å². The van der Waals surface area contributed by atoms with Crippen molar-refractivity contribution < 1.29 is 8.42 Å². The third-order valence-corrected chi connectivity index (χ3v) is 4.60. The van der Waals surface area contributed by atoms with Crippen LogP contribution in [0, 0.1) is 6.92 Å². The highest BCUT2D eigenvalue weighted by atomic mass is 79.9. The Morgan fingerprint density at radius 3 is 2.68 bits per heavy atom. The molecule has 2 aromatic heterocycles. The predicted octanol–water partition coefficient (Wildman–Crippen LogP) is 1.93. The lowest BCUT2D eigenvalue weighted by Crippen LogP contribution is -2.16. The van der Waals surface area contributed by atoms with Gasteiger partial charge in [-0.25, -0.2) is 13.4 Å². The van der Waals surface area contributed by atoms with Crippen molar-refractivity contribution in [1.29, 1.82) is 0 Å². The van der Waals surface area contributed by atoms with Crippen molar-refractivity contribution in [1.82, 2.24) is 9.97 Å². The fourth-order valence-electron chi connectivity index (χ4n) is 1.41. The van der Waals surface area contributed by atoms with Crippen LogP contribution in [0.4, 0.5) is 11.5 Å². The fourth-order valence-corrected chi connectivity index (χ4v) is 2.71. The van der Waals surface area contributed by atoms with Crippen molar-refractivity contribution in [2.45, 2.75) is 11.8 Å². The molecule has 6 nitrogen and oxygen atoms in total. The zero-order chi connectivity index (χ0) is 14.0. The molecule has 2 aromatic rings. The number of nitrogens with two attached hydrogens (primary N) is 1. The molecule has 0 fully saturated rings. The van der Waals surface area contributed by atoms with Crippen molar-refractivity contribution in [2.75, 3.05) is 10.5 Å². The van der Waals surface area contributed by atoms with Gasteiger partial charge in [0, 0.05) is 16.9 Å². The number of halogens is 1. The molecule has 0 aliphatic rings. The Balaban J connectivity index is 2.37. The Hall–Kier alpha value is -1.67. The highest BCUT2D eigenvalue weighted by Crippen LogP contribution is 2.21. The van der Waals surface area contributed by atoms with Gasteiger partial charge in [0.2, 0.25) is 0 Å². The van der Waals surface area contributed by atoms with Crippen molar-refractivity contribution in [2.24, 2.45) is 0 Å². The van der Waals surface area contributed by atoms with E-state index in [4.69, 9.17) is 5.73 Å². The minimum Gasteiger partial charge on any atom is -0.398 e. The van der Waals surface area contributed by atoms with Crippen LogP contribution < -0.4 is 10.5 Å². The SMILES string of the molecule is Cc1nc(NS(=O)(=O)c2cnccc2N)ccc1Br. The number of hydrogen-bond acceptors (Lipinski definition) is 5. The molecule has 0 bridgehead atoms. The summed E-state index contributed by atoms with van der Waals surface area (Å²) in [7, 11) is -3.79. The van der Waals surface area contributed by atoms with Crippen LogP contribution in [0.5, 0.6) is 0 Å². The second kappa shape index (κ2) is 5.14. The summed E-state index contributed by atoms with van der Waals surface area (Å²) in [6, 6.07) is 4.70. The Morgan fingerprint density at radius 1 is 1.32 bits per heavy atom. The van der Waals surface area contributed by atoms with E-state index < -0.39 is 10.0 Å². The average molecular weight is 343 g/mol. The van der Waals surface area contributed by atoms with E-state index in [1.54, 1.807) is 19.1 Å². The monoisotopic (exact) mass is 342 g/mol. The summed E-state index contributed by atoms with van der Waals surface area (Å²) >= 11 is 3.30. The first-order valence-electron chi connectivity index (χ1n) is 5.25. The van der Waals surface area contributed by atoms with Crippen LogP contribution in [0.1, 0.15) is 5.69 Å². The van der Waals surface area contributed by atoms with Crippen molar-refractivity contribution in [3.8, 4) is 0 Å². The molecule has 0 amide bonds. The van der Waals surface area contributed by atoms with Crippen LogP contribution in [0.15, 0.2) is 40.0 Å². The van der Waals surface area contributed by atoms with E-state index in [0.717, 1.165) is 4.47 Å². The number of nitrogen functional groups attached to an aromatic ring is 1. The summed E-state index contributed by atoms with van der Waals surface area (Å²) in [5.74, 6) is 0.226. The minimum atomic E-state index is -3.79. The zero-order valence-corrected chi connectivity index (χ0v) is 12.4. The number of pyridine rings is 2. The standard InChI is InChI=1S/C11H11BrN4O2S/c1-7-8(12)2-3-11(15-7)16-19(17,18)10-6-14-5-4-9(10)13/h2-6H,1H3,(H2,13,14)(H,15,16). The lowest BCUT2D eigenvalue weighted by Gasteiger charge is -2.09. The molecule has 2 rings (SSSR count). The second-order valence-electron chi connectivity index (χ2n) is 3.78. The van der Waals surface area contributed by atoms with Gasteiger partial charge in [0.05, 0.1) is 11.4 Å². The Kier molecular flexibility index (Phi) is 3.72. The van der Waals surface area contributed by atoms with Gasteiger partial charge in [0.1, 0.15) is 10.7 Å². The maximum absolute atomic E-state index is 12.1. The van der Waals surface area contributed by atoms with E-state index in [9.17, 15) is 8.42 Å². The number of nitrogens with zero attached hydrogens (tertiary/aromatic N) is 2. The minimum absolute atomic E-state index is 0.0719. The van der Waals surface area contributed by atoms with Crippen molar-refractivity contribution >= 4 is 37.5 Å². The normalized spacial score (nSPS) is 11.3. The van der Waals surface area contributed by atoms with Gasteiger partial charge in [-0.2, -0.15) is 0 Å². The highest BCUT2D eigenvalue weighted by Gasteiger charge is 2.18. The van der Waals surface area contributed by atoms with Crippen LogP contribution in [0.3, 0.4) is 0 Å². The number of aromatic nitrogens is 2. The summed E-state index contributed by atoms with van der Waals surface area (Å²) in [4.78, 5) is 7.80. The molecular formula is C11H11BrN4O2S. The molecule has 0 radical (unpaired) electrons. The lowest BCUT2D eigenvalue weighted by atomic mass is 10.4. The molecule has 0 aliphatic carbocycles. The number of aryl methyl sites for hydroxylation is 1. The van der Waals surface area contributed by atoms with Crippen LogP contribution in [-0.2, 0) is 10.0 Å². The van der Waals surface area contributed by atoms with Crippen molar-refractivity contribution in [3.05, 3.63) is 40.8 Å². The van der Waals surface area contributed by atoms with Gasteiger partial charge in [0.25, 0.3) is 10.0 Å². The molecule has 100 valence electrons. The van der Waals surface area contributed by atoms with Gasteiger partial charge in [-0.05, 0) is 41.1 Å². The predicted molar refractivity (Wildman–Crippen MR) is 76.1 cm³/mol. The molecule has 0 saturated carbocycles. The molecule has 8 heteroatoms. The molecule has 0 saturated heterocycles. The first-order valence-corrected chi connectivity index (χ1v) is 7.53. The van der Waals surface area contributed by atoms with E-state index in [1.807, 2.05) is 0 Å². The highest BCUT2D eigenvalue weighted by molar-refractivity contribution is 9.10. The number of hydrogen-bond donors (Lipinski definition) is 2. The maximum Gasteiger partial charge on any atom is 0.266 e. The van der Waals surface area contributed by atoms with Gasteiger partial charge in [-0.1, -0.05) is 0 Å². The third-order valence-electron chi connectivity index (χ3n) is 2.37. The Bertz CT molecular complexity index is 718. The van der Waals surface area contributed by atoms with Gasteiger partial charge in [-0.3, -0.25) is 9.71 Å². The number of nitrogens with one attached hydrogen (secondary N) is 1. The summed E-state index contributed by atoms with van der Waals surface area (Å²) in [6.45, 7) is 1.76. The van der Waals surface area contributed by atoms with Gasteiger partial charge in [0.15, 0.2) is 0 Å². The Morgan fingerprint density at radius 2 is 2.05 bits per heavy atom. The van der Waals surface area contributed by atoms with Gasteiger partial charge >= 0.3 is 0 Å². The molecular weight excluding hydrogens is 332 g/mol. The molecule has 0 atom stereocenters. The third kappa shape index (κ3) is 3.02. The summed E-state index contributed by atoms with van der Waals surface area (Å²) in [5.41, 5.74) is 6.44. The molecule has 0 aromatic carbocycles. The van der Waals surface area contributed by atoms with Gasteiger partial charge in [-0.15, -0.1) is 0 Å². The molecule has 0 aliphatic heterocycles. The van der Waals surface area contributed by atoms with Crippen LogP contribution in [-0.4, -0.2) is 18.4 Å². The van der Waals surface area contributed by atoms with E-state index in [0.29, 0.717) is 5.69 Å². The van der Waals surface area contributed by atoms with Crippen LogP contribution in [0.2, 0.25) is 0 Å². The van der Waals surface area contributed by atoms with E-state index >= 15 is 0 Å². The van der Waals surface area contributed by atoms with Crippen molar-refractivity contribution in [3.63, 3.8) is 0 Å². The molecule has 2 heterocycles. The maximum atomic E-state index is 12.1. The first kappa shape index (κ1) is 13.8. The number of rotatable bonds is 3. The summed E-state index contributed by atoms with van der Waals surface area (Å²) in [5, 5.41) is 0. The molecule has 0 spiro atoms. The largest absolute Gasteiger partial charge is 0.398 e. The Labute approximate surface area is 119 Å². The van der Waals surface area contributed by atoms with E-state index in [-0.39, 0.29) is 16.4 Å². The molecule has 3 N–H and O–H groups in total. The topological polar surface area (TPSA) is 98.0 Å². The second-order valence-corrected chi connectivity index (χ2v) is 6.29. The zero-order valence-electron chi connectivity index (χ0n) is 9.96. The summed E-state index contributed by atoms with van der Waals surface area (Å²) in [6.07, 6.45) is 2.62. The molecule has 19 heavy (non-hydrogen) atoms. The van der Waals surface area contributed by atoms with Gasteiger partial charge < -0.3 is 5.73 Å². The quantitative estimate of drug-likeness (QED) is 0.887. The fraction of sp³-hybridized carbons (Fsp3) is 0.0909. The average Bonchev–Trinajstić information content (AvgIpc) is 2.34. The van der Waals surface area contributed by atoms with E-state index in [2.05, 4.69) is 30.6 Å².